The first-order chi connectivity index (χ1) is 10.1. The minimum Gasteiger partial charge on any atom is -0.478 e. The Kier molecular flexibility index (Phi) is 4.61. The van der Waals surface area contributed by atoms with E-state index in [1.54, 1.807) is 18.5 Å². The van der Waals surface area contributed by atoms with E-state index < -0.39 is 17.3 Å². The van der Waals surface area contributed by atoms with Crippen LogP contribution in [0.1, 0.15) is 22.3 Å². The lowest BCUT2D eigenvalue weighted by Gasteiger charge is -2.06. The van der Waals surface area contributed by atoms with Crippen LogP contribution in [0.25, 0.3) is 0 Å². The molecular formula is C15H13FN2O3. The number of hydrogen-bond acceptors (Lipinski definition) is 3. The zero-order valence-corrected chi connectivity index (χ0v) is 11.0. The molecule has 0 atom stereocenters. The summed E-state index contributed by atoms with van der Waals surface area (Å²) in [6, 6.07) is 7.08. The summed E-state index contributed by atoms with van der Waals surface area (Å²) in [7, 11) is 0. The van der Waals surface area contributed by atoms with Crippen molar-refractivity contribution in [1.82, 2.24) is 4.98 Å². The first-order valence-electron chi connectivity index (χ1n) is 6.28. The van der Waals surface area contributed by atoms with Crippen LogP contribution in [0.4, 0.5) is 10.1 Å². The summed E-state index contributed by atoms with van der Waals surface area (Å²) in [5.74, 6) is -2.49. The second kappa shape index (κ2) is 6.60. The van der Waals surface area contributed by atoms with Crippen molar-refractivity contribution in [2.45, 2.75) is 12.8 Å². The Labute approximate surface area is 120 Å². The van der Waals surface area contributed by atoms with Crippen molar-refractivity contribution in [2.75, 3.05) is 5.32 Å². The van der Waals surface area contributed by atoms with Gasteiger partial charge in [-0.15, -0.1) is 0 Å². The van der Waals surface area contributed by atoms with Crippen molar-refractivity contribution in [1.29, 1.82) is 0 Å². The molecule has 1 aromatic carbocycles. The highest BCUT2D eigenvalue weighted by atomic mass is 19.1. The number of carboxylic acid groups (broad SMARTS) is 1. The van der Waals surface area contributed by atoms with Crippen LogP contribution in [0.15, 0.2) is 42.7 Å². The zero-order chi connectivity index (χ0) is 15.2. The standard InChI is InChI=1S/C15H13FN2O3/c16-13-5-4-11(8-12(13)15(20)21)18-14(19)6-3-10-2-1-7-17-9-10/h1-2,4-5,7-9H,3,6H2,(H,18,19)(H,20,21). The summed E-state index contributed by atoms with van der Waals surface area (Å²) in [4.78, 5) is 26.5. The second-order valence-electron chi connectivity index (χ2n) is 4.41. The fourth-order valence-corrected chi connectivity index (χ4v) is 1.79. The van der Waals surface area contributed by atoms with Crippen molar-refractivity contribution in [3.05, 3.63) is 59.7 Å². The molecule has 2 rings (SSSR count). The lowest BCUT2D eigenvalue weighted by molar-refractivity contribution is -0.116. The molecule has 0 bridgehead atoms. The molecule has 2 aromatic rings. The molecule has 0 saturated carbocycles. The number of amides is 1. The Morgan fingerprint density at radius 2 is 2.10 bits per heavy atom. The maximum atomic E-state index is 13.2. The van der Waals surface area contributed by atoms with Crippen LogP contribution < -0.4 is 5.32 Å². The molecule has 108 valence electrons. The van der Waals surface area contributed by atoms with Crippen LogP contribution in [0.3, 0.4) is 0 Å². The topological polar surface area (TPSA) is 79.3 Å². The van der Waals surface area contributed by atoms with E-state index in [9.17, 15) is 14.0 Å². The van der Waals surface area contributed by atoms with Gasteiger partial charge >= 0.3 is 5.97 Å². The van der Waals surface area contributed by atoms with Gasteiger partial charge in [-0.2, -0.15) is 0 Å². The number of rotatable bonds is 5. The number of carbonyl (C=O) groups excluding carboxylic acids is 1. The summed E-state index contributed by atoms with van der Waals surface area (Å²) in [6.45, 7) is 0. The molecular weight excluding hydrogens is 275 g/mol. The maximum absolute atomic E-state index is 13.2. The summed E-state index contributed by atoms with van der Waals surface area (Å²) < 4.78 is 13.2. The highest BCUT2D eigenvalue weighted by Crippen LogP contribution is 2.15. The molecule has 0 aliphatic carbocycles. The molecule has 0 aliphatic heterocycles. The molecule has 0 fully saturated rings. The zero-order valence-electron chi connectivity index (χ0n) is 11.0. The number of pyridine rings is 1. The van der Waals surface area contributed by atoms with Gasteiger partial charge in [0.2, 0.25) is 5.91 Å². The van der Waals surface area contributed by atoms with E-state index in [0.29, 0.717) is 6.42 Å². The van der Waals surface area contributed by atoms with Crippen molar-refractivity contribution < 1.29 is 19.1 Å². The van der Waals surface area contributed by atoms with Gasteiger partial charge in [0.05, 0.1) is 5.56 Å². The predicted octanol–water partition coefficient (Wildman–Crippen LogP) is 2.49. The third-order valence-electron chi connectivity index (χ3n) is 2.84. The molecule has 0 spiro atoms. The molecule has 0 aliphatic rings. The van der Waals surface area contributed by atoms with Crippen molar-refractivity contribution in [3.63, 3.8) is 0 Å². The van der Waals surface area contributed by atoms with E-state index in [2.05, 4.69) is 10.3 Å². The Morgan fingerprint density at radius 3 is 2.76 bits per heavy atom. The molecule has 0 unspecified atom stereocenters. The smallest absolute Gasteiger partial charge is 0.338 e. The van der Waals surface area contributed by atoms with Gasteiger partial charge in [0.15, 0.2) is 0 Å². The molecule has 1 aromatic heterocycles. The van der Waals surface area contributed by atoms with Crippen LogP contribution in [0, 0.1) is 5.82 Å². The van der Waals surface area contributed by atoms with Gasteiger partial charge in [0.25, 0.3) is 0 Å². The van der Waals surface area contributed by atoms with Gasteiger partial charge in [-0.25, -0.2) is 9.18 Å². The number of nitrogens with one attached hydrogen (secondary N) is 1. The number of carboxylic acids is 1. The number of anilines is 1. The average Bonchev–Trinajstić information content (AvgIpc) is 2.48. The molecule has 1 heterocycles. The van der Waals surface area contributed by atoms with Gasteiger partial charge in [0.1, 0.15) is 5.82 Å². The second-order valence-corrected chi connectivity index (χ2v) is 4.41. The highest BCUT2D eigenvalue weighted by molar-refractivity contribution is 5.94. The minimum atomic E-state index is -1.38. The van der Waals surface area contributed by atoms with Crippen LogP contribution in [0.2, 0.25) is 0 Å². The van der Waals surface area contributed by atoms with E-state index in [4.69, 9.17) is 5.11 Å². The lowest BCUT2D eigenvalue weighted by Crippen LogP contribution is -2.13. The van der Waals surface area contributed by atoms with Gasteiger partial charge in [0, 0.05) is 24.5 Å². The first-order valence-corrected chi connectivity index (χ1v) is 6.28. The van der Waals surface area contributed by atoms with Gasteiger partial charge < -0.3 is 10.4 Å². The van der Waals surface area contributed by atoms with Crippen LogP contribution in [0.5, 0.6) is 0 Å². The third-order valence-corrected chi connectivity index (χ3v) is 2.84. The Hall–Kier alpha value is -2.76. The van der Waals surface area contributed by atoms with Crippen molar-refractivity contribution in [3.8, 4) is 0 Å². The number of aromatic carboxylic acids is 1. The minimum absolute atomic E-state index is 0.228. The van der Waals surface area contributed by atoms with Gasteiger partial charge in [-0.3, -0.25) is 9.78 Å². The first kappa shape index (κ1) is 14.6. The van der Waals surface area contributed by atoms with E-state index in [1.165, 1.54) is 6.07 Å². The van der Waals surface area contributed by atoms with Crippen molar-refractivity contribution in [2.24, 2.45) is 0 Å². The van der Waals surface area contributed by atoms with E-state index >= 15 is 0 Å². The molecule has 2 N–H and O–H groups in total. The monoisotopic (exact) mass is 288 g/mol. The maximum Gasteiger partial charge on any atom is 0.338 e. The SMILES string of the molecule is O=C(CCc1cccnc1)Nc1ccc(F)c(C(=O)O)c1. The molecule has 0 radical (unpaired) electrons. The number of benzene rings is 1. The largest absolute Gasteiger partial charge is 0.478 e. The van der Waals surface area contributed by atoms with E-state index in [-0.39, 0.29) is 18.0 Å². The molecule has 0 saturated heterocycles. The van der Waals surface area contributed by atoms with E-state index in [1.807, 2.05) is 6.07 Å². The third kappa shape index (κ3) is 4.10. The fourth-order valence-electron chi connectivity index (χ4n) is 1.79. The quantitative estimate of drug-likeness (QED) is 0.886. The van der Waals surface area contributed by atoms with Crippen LogP contribution in [-0.2, 0) is 11.2 Å². The van der Waals surface area contributed by atoms with E-state index in [0.717, 1.165) is 17.7 Å². The number of aryl methyl sites for hydroxylation is 1. The van der Waals surface area contributed by atoms with Gasteiger partial charge in [-0.1, -0.05) is 6.07 Å². The lowest BCUT2D eigenvalue weighted by atomic mass is 10.1. The predicted molar refractivity (Wildman–Crippen MR) is 74.5 cm³/mol. The fraction of sp³-hybridized carbons (Fsp3) is 0.133. The Morgan fingerprint density at radius 1 is 1.29 bits per heavy atom. The normalized spacial score (nSPS) is 10.1. The number of nitrogens with zero attached hydrogens (tertiary/aromatic N) is 1. The van der Waals surface area contributed by atoms with Crippen molar-refractivity contribution >= 4 is 17.6 Å². The number of hydrogen-bond donors (Lipinski definition) is 2. The molecule has 5 nitrogen and oxygen atoms in total. The summed E-state index contributed by atoms with van der Waals surface area (Å²) in [6.07, 6.45) is 4.07. The van der Waals surface area contributed by atoms with Gasteiger partial charge in [-0.05, 0) is 36.2 Å². The Bertz CT molecular complexity index is 659. The number of aromatic nitrogens is 1. The molecule has 21 heavy (non-hydrogen) atoms. The number of carbonyl (C=O) groups is 2. The highest BCUT2D eigenvalue weighted by Gasteiger charge is 2.12. The van der Waals surface area contributed by atoms with Crippen LogP contribution >= 0.6 is 0 Å². The van der Waals surface area contributed by atoms with Crippen LogP contribution in [-0.4, -0.2) is 22.0 Å². The molecule has 6 heteroatoms. The summed E-state index contributed by atoms with van der Waals surface area (Å²) >= 11 is 0. The average molecular weight is 288 g/mol. The Balaban J connectivity index is 1.97. The summed E-state index contributed by atoms with van der Waals surface area (Å²) in [5, 5.41) is 11.4. The summed E-state index contributed by atoms with van der Waals surface area (Å²) in [5.41, 5.74) is 0.711. The molecule has 1 amide bonds. The number of halogens is 1.